The topological polar surface area (TPSA) is 0 Å². The summed E-state index contributed by atoms with van der Waals surface area (Å²) in [5, 5.41) is 0. The Kier molecular flexibility index (Phi) is 2.93. The second-order valence-corrected chi connectivity index (χ2v) is 3.81. The molecule has 0 aliphatic heterocycles. The maximum atomic E-state index is 13.5. The fourth-order valence-corrected chi connectivity index (χ4v) is 1.55. The molecule has 0 spiro atoms. The SMILES string of the molecule is CCC(F)(F)c1cc(C)c(C)cc1C. The quantitative estimate of drug-likeness (QED) is 0.670. The van der Waals surface area contributed by atoms with E-state index in [1.54, 1.807) is 13.0 Å². The highest BCUT2D eigenvalue weighted by Crippen LogP contribution is 2.34. The number of benzene rings is 1. The van der Waals surface area contributed by atoms with E-state index in [4.69, 9.17) is 0 Å². The van der Waals surface area contributed by atoms with E-state index in [-0.39, 0.29) is 12.0 Å². The van der Waals surface area contributed by atoms with E-state index < -0.39 is 5.92 Å². The molecular weight excluding hydrogens is 182 g/mol. The number of hydrogen-bond acceptors (Lipinski definition) is 0. The molecule has 0 aliphatic rings. The van der Waals surface area contributed by atoms with Crippen LogP contribution in [0.5, 0.6) is 0 Å². The number of halogens is 2. The molecule has 0 heterocycles. The highest BCUT2D eigenvalue weighted by atomic mass is 19.3. The van der Waals surface area contributed by atoms with Crippen molar-refractivity contribution in [3.8, 4) is 0 Å². The van der Waals surface area contributed by atoms with Crippen molar-refractivity contribution in [2.75, 3.05) is 0 Å². The lowest BCUT2D eigenvalue weighted by Gasteiger charge is -2.18. The predicted octanol–water partition coefficient (Wildman–Crippen LogP) is 4.11. The highest BCUT2D eigenvalue weighted by molar-refractivity contribution is 5.38. The Morgan fingerprint density at radius 3 is 2.00 bits per heavy atom. The maximum Gasteiger partial charge on any atom is 0.273 e. The van der Waals surface area contributed by atoms with Gasteiger partial charge < -0.3 is 0 Å². The fraction of sp³-hybridized carbons (Fsp3) is 0.500. The molecule has 0 nitrogen and oxygen atoms in total. The van der Waals surface area contributed by atoms with E-state index in [2.05, 4.69) is 0 Å². The van der Waals surface area contributed by atoms with Crippen LogP contribution in [0, 0.1) is 20.8 Å². The minimum Gasteiger partial charge on any atom is -0.201 e. The Labute approximate surface area is 84.0 Å². The molecule has 2 heteroatoms. The average molecular weight is 198 g/mol. The lowest BCUT2D eigenvalue weighted by atomic mass is 9.95. The van der Waals surface area contributed by atoms with Gasteiger partial charge >= 0.3 is 0 Å². The van der Waals surface area contributed by atoms with Crippen LogP contribution in [0.2, 0.25) is 0 Å². The first-order valence-corrected chi connectivity index (χ1v) is 4.84. The van der Waals surface area contributed by atoms with Crippen molar-refractivity contribution in [1.82, 2.24) is 0 Å². The Hall–Kier alpha value is -0.920. The van der Waals surface area contributed by atoms with Crippen LogP contribution in [0.4, 0.5) is 8.78 Å². The first kappa shape index (κ1) is 11.2. The van der Waals surface area contributed by atoms with Crippen LogP contribution in [0.3, 0.4) is 0 Å². The standard InChI is InChI=1S/C12H16F2/c1-5-12(13,14)11-7-9(3)8(2)6-10(11)4/h6-7H,5H2,1-4H3. The molecule has 0 amide bonds. The molecule has 0 radical (unpaired) electrons. The molecule has 0 N–H and O–H groups in total. The van der Waals surface area contributed by atoms with Crippen molar-refractivity contribution in [2.45, 2.75) is 40.0 Å². The molecule has 1 rings (SSSR count). The lowest BCUT2D eigenvalue weighted by Crippen LogP contribution is -2.14. The number of hydrogen-bond donors (Lipinski definition) is 0. The van der Waals surface area contributed by atoms with E-state index in [0.717, 1.165) is 11.1 Å². The Morgan fingerprint density at radius 1 is 1.00 bits per heavy atom. The molecule has 0 atom stereocenters. The van der Waals surface area contributed by atoms with E-state index in [1.807, 2.05) is 19.9 Å². The van der Waals surface area contributed by atoms with Gasteiger partial charge in [0.2, 0.25) is 0 Å². The molecule has 0 saturated carbocycles. The molecule has 0 unspecified atom stereocenters. The van der Waals surface area contributed by atoms with Crippen molar-refractivity contribution in [3.63, 3.8) is 0 Å². The van der Waals surface area contributed by atoms with E-state index >= 15 is 0 Å². The van der Waals surface area contributed by atoms with Crippen LogP contribution >= 0.6 is 0 Å². The van der Waals surface area contributed by atoms with E-state index in [9.17, 15) is 8.78 Å². The van der Waals surface area contributed by atoms with Crippen molar-refractivity contribution in [2.24, 2.45) is 0 Å². The van der Waals surface area contributed by atoms with Gasteiger partial charge in [0.1, 0.15) is 0 Å². The van der Waals surface area contributed by atoms with Crippen molar-refractivity contribution in [3.05, 3.63) is 34.4 Å². The van der Waals surface area contributed by atoms with Gasteiger partial charge in [0.25, 0.3) is 5.92 Å². The summed E-state index contributed by atoms with van der Waals surface area (Å²) < 4.78 is 26.9. The maximum absolute atomic E-state index is 13.5. The number of aryl methyl sites for hydroxylation is 3. The predicted molar refractivity (Wildman–Crippen MR) is 54.8 cm³/mol. The fourth-order valence-electron chi connectivity index (χ4n) is 1.55. The van der Waals surface area contributed by atoms with Crippen LogP contribution < -0.4 is 0 Å². The van der Waals surface area contributed by atoms with Crippen LogP contribution in [-0.2, 0) is 5.92 Å². The molecular formula is C12H16F2. The third kappa shape index (κ3) is 1.94. The normalized spacial score (nSPS) is 11.9. The van der Waals surface area contributed by atoms with Crippen molar-refractivity contribution in [1.29, 1.82) is 0 Å². The second-order valence-electron chi connectivity index (χ2n) is 3.81. The van der Waals surface area contributed by atoms with Crippen LogP contribution in [0.15, 0.2) is 12.1 Å². The molecule has 0 aliphatic carbocycles. The summed E-state index contributed by atoms with van der Waals surface area (Å²) in [6, 6.07) is 3.43. The largest absolute Gasteiger partial charge is 0.273 e. The van der Waals surface area contributed by atoms with Crippen LogP contribution in [0.25, 0.3) is 0 Å². The molecule has 1 aromatic rings. The molecule has 0 aromatic heterocycles. The molecule has 14 heavy (non-hydrogen) atoms. The van der Waals surface area contributed by atoms with E-state index in [1.165, 1.54) is 6.92 Å². The third-order valence-corrected chi connectivity index (χ3v) is 2.68. The zero-order chi connectivity index (χ0) is 10.9. The van der Waals surface area contributed by atoms with Crippen LogP contribution in [0.1, 0.15) is 35.6 Å². The van der Waals surface area contributed by atoms with Gasteiger partial charge in [0, 0.05) is 12.0 Å². The molecule has 0 fully saturated rings. The van der Waals surface area contributed by atoms with Crippen LogP contribution in [-0.4, -0.2) is 0 Å². The summed E-state index contributed by atoms with van der Waals surface area (Å²) >= 11 is 0. The smallest absolute Gasteiger partial charge is 0.201 e. The van der Waals surface area contributed by atoms with Gasteiger partial charge in [-0.1, -0.05) is 13.0 Å². The Balaban J connectivity index is 3.29. The summed E-state index contributed by atoms with van der Waals surface area (Å²) in [6.07, 6.45) is -0.143. The number of alkyl halides is 2. The second kappa shape index (κ2) is 3.68. The lowest BCUT2D eigenvalue weighted by molar-refractivity contribution is -0.00895. The van der Waals surface area contributed by atoms with E-state index in [0.29, 0.717) is 5.56 Å². The van der Waals surface area contributed by atoms with Crippen molar-refractivity contribution >= 4 is 0 Å². The van der Waals surface area contributed by atoms with Gasteiger partial charge in [0.15, 0.2) is 0 Å². The Bertz CT molecular complexity index is 340. The zero-order valence-corrected chi connectivity index (χ0v) is 9.12. The minimum atomic E-state index is -2.69. The summed E-state index contributed by atoms with van der Waals surface area (Å²) in [6.45, 7) is 7.06. The third-order valence-electron chi connectivity index (χ3n) is 2.68. The van der Waals surface area contributed by atoms with Gasteiger partial charge in [-0.2, -0.15) is 0 Å². The average Bonchev–Trinajstić information content (AvgIpc) is 2.11. The van der Waals surface area contributed by atoms with Gasteiger partial charge in [-0.05, 0) is 43.5 Å². The molecule has 78 valence electrons. The monoisotopic (exact) mass is 198 g/mol. The minimum absolute atomic E-state index is 0.143. The van der Waals surface area contributed by atoms with Gasteiger partial charge in [-0.15, -0.1) is 0 Å². The first-order valence-electron chi connectivity index (χ1n) is 4.84. The number of rotatable bonds is 2. The zero-order valence-electron chi connectivity index (χ0n) is 9.12. The highest BCUT2D eigenvalue weighted by Gasteiger charge is 2.30. The summed E-state index contributed by atoms with van der Waals surface area (Å²) in [5.74, 6) is -2.69. The Morgan fingerprint density at radius 2 is 1.50 bits per heavy atom. The van der Waals surface area contributed by atoms with Gasteiger partial charge in [-0.3, -0.25) is 0 Å². The summed E-state index contributed by atoms with van der Waals surface area (Å²) in [5.41, 5.74) is 2.85. The van der Waals surface area contributed by atoms with Gasteiger partial charge in [0.05, 0.1) is 0 Å². The molecule has 0 bridgehead atoms. The summed E-state index contributed by atoms with van der Waals surface area (Å²) in [7, 11) is 0. The molecule has 1 aromatic carbocycles. The first-order chi connectivity index (χ1) is 6.38. The molecule has 0 saturated heterocycles. The summed E-state index contributed by atoms with van der Waals surface area (Å²) in [4.78, 5) is 0. The van der Waals surface area contributed by atoms with Gasteiger partial charge in [-0.25, -0.2) is 8.78 Å². The van der Waals surface area contributed by atoms with Crippen molar-refractivity contribution < 1.29 is 8.78 Å².